The molecule has 0 atom stereocenters. The summed E-state index contributed by atoms with van der Waals surface area (Å²) in [4.78, 5) is 0. The van der Waals surface area contributed by atoms with E-state index < -0.39 is 0 Å². The van der Waals surface area contributed by atoms with Gasteiger partial charge in [0.1, 0.15) is 0 Å². The van der Waals surface area contributed by atoms with Crippen LogP contribution in [0.1, 0.15) is 153 Å². The van der Waals surface area contributed by atoms with Gasteiger partial charge in [0.2, 0.25) is 0 Å². The van der Waals surface area contributed by atoms with Crippen molar-refractivity contribution in [1.82, 2.24) is 0 Å². The molecular weight excluding hydrogens is 512 g/mol. The molecule has 0 amide bonds. The first-order valence-corrected chi connectivity index (χ1v) is 17.9. The van der Waals surface area contributed by atoms with Crippen molar-refractivity contribution in [2.75, 3.05) is 13.2 Å². The molecule has 0 unspecified atom stereocenters. The van der Waals surface area contributed by atoms with E-state index in [-0.39, 0.29) is 0 Å². The third-order valence-electron chi connectivity index (χ3n) is 9.14. The van der Waals surface area contributed by atoms with E-state index in [1.807, 2.05) is 0 Å². The van der Waals surface area contributed by atoms with Crippen LogP contribution in [0.25, 0.3) is 21.5 Å². The molecule has 42 heavy (non-hydrogen) atoms. The number of ether oxygens (including phenoxy) is 2. The third-order valence-corrected chi connectivity index (χ3v) is 9.14. The van der Waals surface area contributed by atoms with Crippen LogP contribution >= 0.6 is 0 Å². The topological polar surface area (TPSA) is 18.5 Å². The molecule has 0 aromatic heterocycles. The monoisotopic (exact) mass is 574 g/mol. The molecule has 0 heterocycles. The zero-order chi connectivity index (χ0) is 29.8. The highest BCUT2D eigenvalue weighted by atomic mass is 16.5. The van der Waals surface area contributed by atoms with E-state index in [4.69, 9.17) is 9.47 Å². The molecule has 0 fully saturated rings. The Hall–Kier alpha value is -2.22. The molecule has 234 valence electrons. The summed E-state index contributed by atoms with van der Waals surface area (Å²) in [5.74, 6) is 1.84. The zero-order valence-electron chi connectivity index (χ0n) is 27.8. The molecule has 0 saturated carbocycles. The molecule has 0 N–H and O–H groups in total. The molecule has 2 heteroatoms. The number of hydrogen-bond donors (Lipinski definition) is 0. The second-order valence-corrected chi connectivity index (χ2v) is 12.7. The van der Waals surface area contributed by atoms with Gasteiger partial charge in [-0.05, 0) is 71.5 Å². The summed E-state index contributed by atoms with van der Waals surface area (Å²) < 4.78 is 12.9. The van der Waals surface area contributed by atoms with Gasteiger partial charge in [-0.3, -0.25) is 0 Å². The summed E-state index contributed by atoms with van der Waals surface area (Å²) in [5, 5.41) is 5.25. The van der Waals surface area contributed by atoms with Crippen LogP contribution in [0, 0.1) is 13.8 Å². The normalized spacial score (nSPS) is 11.5. The number of aryl methyl sites for hydroxylation is 2. The maximum atomic E-state index is 6.45. The Morgan fingerprint density at radius 2 is 0.714 bits per heavy atom. The Morgan fingerprint density at radius 1 is 0.405 bits per heavy atom. The van der Waals surface area contributed by atoms with Gasteiger partial charge in [0, 0.05) is 0 Å². The molecule has 0 aliphatic carbocycles. The fourth-order valence-electron chi connectivity index (χ4n) is 6.38. The fourth-order valence-corrected chi connectivity index (χ4v) is 6.38. The molecule has 0 saturated heterocycles. The fraction of sp³-hybridized carbons (Fsp3) is 0.650. The summed E-state index contributed by atoms with van der Waals surface area (Å²) in [5.41, 5.74) is 2.66. The molecule has 0 bridgehead atoms. The average molecular weight is 575 g/mol. The molecule has 3 aromatic carbocycles. The van der Waals surface area contributed by atoms with Gasteiger partial charge in [-0.25, -0.2) is 0 Å². The first-order chi connectivity index (χ1) is 20.7. The Labute approximate surface area is 259 Å². The number of hydrogen-bond acceptors (Lipinski definition) is 2. The van der Waals surface area contributed by atoms with Crippen molar-refractivity contribution in [3.8, 4) is 11.5 Å². The first-order valence-electron chi connectivity index (χ1n) is 17.9. The van der Waals surface area contributed by atoms with Gasteiger partial charge in [-0.2, -0.15) is 0 Å². The number of rotatable bonds is 24. The quantitative estimate of drug-likeness (QED) is 0.0782. The van der Waals surface area contributed by atoms with Gasteiger partial charge in [0.05, 0.1) is 13.2 Å². The molecule has 0 aliphatic rings. The van der Waals surface area contributed by atoms with E-state index in [2.05, 4.69) is 64.1 Å². The molecule has 2 nitrogen and oxygen atoms in total. The van der Waals surface area contributed by atoms with E-state index in [0.717, 1.165) is 37.6 Å². The van der Waals surface area contributed by atoms with Gasteiger partial charge >= 0.3 is 0 Å². The van der Waals surface area contributed by atoms with Crippen LogP contribution in [0.5, 0.6) is 11.5 Å². The molecule has 3 aromatic rings. The minimum absolute atomic E-state index is 0.766. The van der Waals surface area contributed by atoms with E-state index in [0.29, 0.717) is 0 Å². The van der Waals surface area contributed by atoms with Crippen molar-refractivity contribution in [3.63, 3.8) is 0 Å². The van der Waals surface area contributed by atoms with Crippen molar-refractivity contribution >= 4 is 21.5 Å². The van der Waals surface area contributed by atoms with E-state index in [1.165, 1.54) is 148 Å². The maximum Gasteiger partial charge on any atom is 0.161 e. The number of unbranched alkanes of at least 4 members (excludes halogenated alkanes) is 18. The van der Waals surface area contributed by atoms with Crippen LogP contribution in [0.15, 0.2) is 36.4 Å². The van der Waals surface area contributed by atoms with E-state index in [1.54, 1.807) is 0 Å². The summed E-state index contributed by atoms with van der Waals surface area (Å²) in [6.07, 6.45) is 26.8. The molecule has 0 spiro atoms. The highest BCUT2D eigenvalue weighted by Gasteiger charge is 2.14. The summed E-state index contributed by atoms with van der Waals surface area (Å²) in [6, 6.07) is 13.3. The lowest BCUT2D eigenvalue weighted by atomic mass is 9.93. The molecule has 0 radical (unpaired) electrons. The van der Waals surface area contributed by atoms with Crippen LogP contribution in [-0.2, 0) is 0 Å². The van der Waals surface area contributed by atoms with Crippen molar-refractivity contribution in [3.05, 3.63) is 47.5 Å². The minimum atomic E-state index is 0.766. The second kappa shape index (κ2) is 20.6. The zero-order valence-corrected chi connectivity index (χ0v) is 27.8. The standard InChI is InChI=1S/C40H62O2/c1-5-7-9-11-13-15-17-19-21-25-29-41-39-31-37-33(3)35-27-23-24-28-36(35)34(4)38(37)32-40(39)42-30-26-22-20-18-16-14-12-10-8-6-2/h23-24,27-28,31-32H,5-22,25-26,29-30H2,1-4H3. The first kappa shape index (κ1) is 34.3. The molecule has 0 aliphatic heterocycles. The minimum Gasteiger partial charge on any atom is -0.490 e. The van der Waals surface area contributed by atoms with Gasteiger partial charge in [-0.1, -0.05) is 154 Å². The van der Waals surface area contributed by atoms with Crippen molar-refractivity contribution < 1.29 is 9.47 Å². The molecular formula is C40H62O2. The van der Waals surface area contributed by atoms with Crippen LogP contribution in [0.2, 0.25) is 0 Å². The lowest BCUT2D eigenvalue weighted by Gasteiger charge is -2.18. The van der Waals surface area contributed by atoms with Crippen LogP contribution in [-0.4, -0.2) is 13.2 Å². The lowest BCUT2D eigenvalue weighted by Crippen LogP contribution is -2.03. The maximum absolute atomic E-state index is 6.45. The Morgan fingerprint density at radius 3 is 1.05 bits per heavy atom. The highest BCUT2D eigenvalue weighted by molar-refractivity contribution is 6.06. The third kappa shape index (κ3) is 11.5. The van der Waals surface area contributed by atoms with Crippen molar-refractivity contribution in [1.29, 1.82) is 0 Å². The predicted molar refractivity (Wildman–Crippen MR) is 186 cm³/mol. The van der Waals surface area contributed by atoms with Gasteiger partial charge in [-0.15, -0.1) is 0 Å². The summed E-state index contributed by atoms with van der Waals surface area (Å²) in [6.45, 7) is 10.6. The number of fused-ring (bicyclic) bond motifs is 2. The Kier molecular flexibility index (Phi) is 16.8. The Balaban J connectivity index is 1.53. The SMILES string of the molecule is CCCCCCCCCCCCOc1cc2c(C)c3ccccc3c(C)c2cc1OCCCCCCCCCCCC. The van der Waals surface area contributed by atoms with Gasteiger partial charge in [0.25, 0.3) is 0 Å². The van der Waals surface area contributed by atoms with Crippen LogP contribution in [0.3, 0.4) is 0 Å². The van der Waals surface area contributed by atoms with Gasteiger partial charge in [0.15, 0.2) is 11.5 Å². The average Bonchev–Trinajstić information content (AvgIpc) is 3.01. The van der Waals surface area contributed by atoms with E-state index in [9.17, 15) is 0 Å². The largest absolute Gasteiger partial charge is 0.490 e. The summed E-state index contributed by atoms with van der Waals surface area (Å²) in [7, 11) is 0. The lowest BCUT2D eigenvalue weighted by molar-refractivity contribution is 0.259. The van der Waals surface area contributed by atoms with Gasteiger partial charge < -0.3 is 9.47 Å². The Bertz CT molecular complexity index is 1060. The van der Waals surface area contributed by atoms with E-state index >= 15 is 0 Å². The predicted octanol–water partition coefficient (Wildman–Crippen LogP) is 13.2. The number of benzene rings is 3. The van der Waals surface area contributed by atoms with Crippen LogP contribution < -0.4 is 9.47 Å². The van der Waals surface area contributed by atoms with Crippen molar-refractivity contribution in [2.24, 2.45) is 0 Å². The smallest absolute Gasteiger partial charge is 0.161 e. The van der Waals surface area contributed by atoms with Crippen LogP contribution in [0.4, 0.5) is 0 Å². The summed E-state index contributed by atoms with van der Waals surface area (Å²) >= 11 is 0. The van der Waals surface area contributed by atoms with Crippen molar-refractivity contribution in [2.45, 2.75) is 156 Å². The highest BCUT2D eigenvalue weighted by Crippen LogP contribution is 2.39. The molecule has 3 rings (SSSR count). The second-order valence-electron chi connectivity index (χ2n) is 12.7.